The van der Waals surface area contributed by atoms with Gasteiger partial charge in [-0.2, -0.15) is 0 Å². The van der Waals surface area contributed by atoms with Crippen molar-refractivity contribution in [2.75, 3.05) is 40.9 Å². The second-order valence-electron chi connectivity index (χ2n) is 18.2. The van der Waals surface area contributed by atoms with Crippen molar-refractivity contribution in [2.24, 2.45) is 0 Å². The zero-order valence-corrected chi connectivity index (χ0v) is 39.0. The molecule has 0 bridgehead atoms. The zero-order valence-electron chi connectivity index (χ0n) is 38.1. The molecule has 0 aliphatic heterocycles. The van der Waals surface area contributed by atoms with Gasteiger partial charge in [-0.25, -0.2) is 0 Å². The average molecular weight is 817 g/mol. The molecule has 0 aromatic rings. The van der Waals surface area contributed by atoms with Crippen molar-refractivity contribution in [1.29, 1.82) is 0 Å². The Morgan fingerprint density at radius 3 is 1.21 bits per heavy atom. The Morgan fingerprint density at radius 2 is 0.875 bits per heavy atom. The molecule has 0 aromatic heterocycles. The van der Waals surface area contributed by atoms with Gasteiger partial charge >= 0.3 is 0 Å². The minimum absolute atomic E-state index is 0.0158. The molecular formula is C47H97N2O6P. The number of unbranched alkanes of at least 4 members (excludes halogenated alkanes) is 32. The third-order valence-corrected chi connectivity index (χ3v) is 12.3. The topological polar surface area (TPSA) is 108 Å². The van der Waals surface area contributed by atoms with Gasteiger partial charge in [0, 0.05) is 6.42 Å². The van der Waals surface area contributed by atoms with Crippen molar-refractivity contribution in [3.8, 4) is 0 Å². The van der Waals surface area contributed by atoms with E-state index in [9.17, 15) is 19.4 Å². The fourth-order valence-corrected chi connectivity index (χ4v) is 8.18. The van der Waals surface area contributed by atoms with Crippen LogP contribution in [0, 0.1) is 0 Å². The number of nitrogens with zero attached hydrogens (tertiary/aromatic N) is 1. The molecule has 0 aliphatic carbocycles. The van der Waals surface area contributed by atoms with Crippen LogP contribution in [-0.2, 0) is 18.4 Å². The van der Waals surface area contributed by atoms with Gasteiger partial charge in [-0.3, -0.25) is 9.36 Å². The number of carbonyl (C=O) groups excluding carboxylic acids is 1. The highest BCUT2D eigenvalue weighted by Crippen LogP contribution is 2.38. The summed E-state index contributed by atoms with van der Waals surface area (Å²) in [5, 5.41) is 13.9. The van der Waals surface area contributed by atoms with E-state index in [1.165, 1.54) is 180 Å². The molecule has 0 aliphatic rings. The standard InChI is InChI=1S/C47H97N2O6P/c1-6-8-10-12-14-16-17-18-19-20-21-22-23-24-25-26-27-28-29-30-31-33-35-37-39-41-47(51)48-45(44-55-56(52,53)54-43-42-49(3,4)5)46(50)40-38-36-34-32-15-13-11-9-7-2/h45-46,50H,6-44H2,1-5H3,(H-,48,51,52,53)/t45-,46+/m0/s1. The fraction of sp³-hybridized carbons (Fsp3) is 0.979. The molecule has 0 rings (SSSR count). The number of amides is 1. The van der Waals surface area contributed by atoms with Crippen LogP contribution in [0.5, 0.6) is 0 Å². The maximum absolute atomic E-state index is 12.9. The minimum Gasteiger partial charge on any atom is -0.756 e. The monoisotopic (exact) mass is 817 g/mol. The summed E-state index contributed by atoms with van der Waals surface area (Å²) in [5.74, 6) is -0.162. The van der Waals surface area contributed by atoms with Crippen LogP contribution in [0.2, 0.25) is 0 Å². The van der Waals surface area contributed by atoms with E-state index >= 15 is 0 Å². The number of phosphoric ester groups is 1. The predicted octanol–water partition coefficient (Wildman–Crippen LogP) is 13.1. The van der Waals surface area contributed by atoms with Gasteiger partial charge in [0.2, 0.25) is 5.91 Å². The molecule has 0 fully saturated rings. The molecule has 1 amide bonds. The lowest BCUT2D eigenvalue weighted by molar-refractivity contribution is -0.870. The van der Waals surface area contributed by atoms with E-state index in [1.54, 1.807) is 0 Å². The molecule has 0 saturated carbocycles. The maximum Gasteiger partial charge on any atom is 0.268 e. The first-order chi connectivity index (χ1) is 27.0. The number of carbonyl (C=O) groups is 1. The number of phosphoric acid groups is 1. The quantitative estimate of drug-likeness (QED) is 0.0360. The first kappa shape index (κ1) is 55.5. The van der Waals surface area contributed by atoms with Crippen LogP contribution >= 0.6 is 7.82 Å². The van der Waals surface area contributed by atoms with Gasteiger partial charge in [0.15, 0.2) is 0 Å². The molecular weight excluding hydrogens is 719 g/mol. The molecule has 0 saturated heterocycles. The summed E-state index contributed by atoms with van der Waals surface area (Å²) < 4.78 is 23.2. The van der Waals surface area contributed by atoms with Crippen molar-refractivity contribution in [2.45, 2.75) is 257 Å². The lowest BCUT2D eigenvalue weighted by Gasteiger charge is -2.30. The summed E-state index contributed by atoms with van der Waals surface area (Å²) >= 11 is 0. The Labute approximate surface area is 349 Å². The summed E-state index contributed by atoms with van der Waals surface area (Å²) in [5.41, 5.74) is 0. The summed E-state index contributed by atoms with van der Waals surface area (Å²) in [4.78, 5) is 25.3. The molecule has 8 nitrogen and oxygen atoms in total. The molecule has 2 N–H and O–H groups in total. The predicted molar refractivity (Wildman–Crippen MR) is 238 cm³/mol. The van der Waals surface area contributed by atoms with Crippen LogP contribution in [0.25, 0.3) is 0 Å². The van der Waals surface area contributed by atoms with Gasteiger partial charge in [0.1, 0.15) is 13.2 Å². The van der Waals surface area contributed by atoms with Crippen molar-refractivity contribution in [3.63, 3.8) is 0 Å². The first-order valence-electron chi connectivity index (χ1n) is 24.4. The highest BCUT2D eigenvalue weighted by Gasteiger charge is 2.24. The Hall–Kier alpha value is -0.500. The fourth-order valence-electron chi connectivity index (χ4n) is 7.45. The van der Waals surface area contributed by atoms with Gasteiger partial charge in [0.25, 0.3) is 7.82 Å². The number of aliphatic hydroxyl groups excluding tert-OH is 1. The number of quaternary nitrogens is 1. The Balaban J connectivity index is 4.03. The van der Waals surface area contributed by atoms with E-state index in [0.717, 1.165) is 38.5 Å². The molecule has 336 valence electrons. The van der Waals surface area contributed by atoms with Crippen LogP contribution in [0.1, 0.15) is 245 Å². The smallest absolute Gasteiger partial charge is 0.268 e. The highest BCUT2D eigenvalue weighted by molar-refractivity contribution is 7.45. The Morgan fingerprint density at radius 1 is 0.554 bits per heavy atom. The van der Waals surface area contributed by atoms with E-state index in [2.05, 4.69) is 19.2 Å². The van der Waals surface area contributed by atoms with Gasteiger partial charge in [-0.1, -0.05) is 226 Å². The molecule has 0 heterocycles. The molecule has 0 aromatic carbocycles. The van der Waals surface area contributed by atoms with Gasteiger partial charge in [-0.05, 0) is 12.8 Å². The summed E-state index contributed by atoms with van der Waals surface area (Å²) in [6, 6.07) is -0.792. The number of rotatable bonds is 45. The maximum atomic E-state index is 12.9. The molecule has 3 atom stereocenters. The Kier molecular flexibility index (Phi) is 39.6. The van der Waals surface area contributed by atoms with Crippen LogP contribution in [0.4, 0.5) is 0 Å². The normalized spacial score (nSPS) is 14.2. The molecule has 0 spiro atoms. The average Bonchev–Trinajstić information content (AvgIpc) is 3.15. The van der Waals surface area contributed by atoms with Crippen LogP contribution in [0.15, 0.2) is 0 Å². The first-order valence-corrected chi connectivity index (χ1v) is 25.8. The van der Waals surface area contributed by atoms with Crippen LogP contribution in [-0.4, -0.2) is 68.5 Å². The van der Waals surface area contributed by atoms with Gasteiger partial charge in [0.05, 0.1) is 39.9 Å². The van der Waals surface area contributed by atoms with Crippen molar-refractivity contribution >= 4 is 13.7 Å². The summed E-state index contributed by atoms with van der Waals surface area (Å²) in [6.07, 6.45) is 44.2. The second-order valence-corrected chi connectivity index (χ2v) is 19.6. The van der Waals surface area contributed by atoms with Gasteiger partial charge in [-0.15, -0.1) is 0 Å². The minimum atomic E-state index is -4.55. The van der Waals surface area contributed by atoms with Gasteiger partial charge < -0.3 is 28.8 Å². The summed E-state index contributed by atoms with van der Waals surface area (Å²) in [6.45, 7) is 4.72. The van der Waals surface area contributed by atoms with Crippen LogP contribution < -0.4 is 10.2 Å². The highest BCUT2D eigenvalue weighted by atomic mass is 31.2. The second kappa shape index (κ2) is 39.9. The van der Waals surface area contributed by atoms with Crippen molar-refractivity contribution in [1.82, 2.24) is 5.32 Å². The van der Waals surface area contributed by atoms with E-state index in [0.29, 0.717) is 23.9 Å². The third-order valence-electron chi connectivity index (χ3n) is 11.3. The van der Waals surface area contributed by atoms with Crippen LogP contribution in [0.3, 0.4) is 0 Å². The number of hydrogen-bond acceptors (Lipinski definition) is 6. The van der Waals surface area contributed by atoms with Crippen molar-refractivity contribution in [3.05, 3.63) is 0 Å². The molecule has 56 heavy (non-hydrogen) atoms. The number of hydrogen-bond donors (Lipinski definition) is 2. The van der Waals surface area contributed by atoms with E-state index < -0.39 is 20.0 Å². The summed E-state index contributed by atoms with van der Waals surface area (Å²) in [7, 11) is 1.32. The molecule has 9 heteroatoms. The number of aliphatic hydroxyl groups is 1. The van der Waals surface area contributed by atoms with Crippen molar-refractivity contribution < 1.29 is 32.9 Å². The largest absolute Gasteiger partial charge is 0.756 e. The Bertz CT molecular complexity index is 885. The number of likely N-dealkylation sites (N-methyl/N-ethyl adjacent to an activating group) is 1. The third kappa shape index (κ3) is 41.7. The van der Waals surface area contributed by atoms with E-state index in [-0.39, 0.29) is 19.1 Å². The molecule has 0 radical (unpaired) electrons. The number of nitrogens with one attached hydrogen (secondary N) is 1. The van der Waals surface area contributed by atoms with E-state index in [1.807, 2.05) is 21.1 Å². The molecule has 1 unspecified atom stereocenters. The lowest BCUT2D eigenvalue weighted by Crippen LogP contribution is -2.46. The van der Waals surface area contributed by atoms with E-state index in [4.69, 9.17) is 9.05 Å². The SMILES string of the molecule is CCCCCCCCCCCCCCCCCCCCCCCCCCCC(=O)N[C@@H](COP(=O)([O-])OCC[N+](C)(C)C)[C@H](O)CCCCCCCCCCC. The zero-order chi connectivity index (χ0) is 41.4. The lowest BCUT2D eigenvalue weighted by atomic mass is 10.0.